The van der Waals surface area contributed by atoms with E-state index in [0.717, 1.165) is 29.2 Å². The molecule has 0 spiro atoms. The van der Waals surface area contributed by atoms with Crippen LogP contribution in [0.5, 0.6) is 0 Å². The highest BCUT2D eigenvalue weighted by molar-refractivity contribution is 7.17. The maximum atomic E-state index is 12.6. The van der Waals surface area contributed by atoms with Crippen LogP contribution < -0.4 is 10.9 Å². The van der Waals surface area contributed by atoms with Gasteiger partial charge in [-0.1, -0.05) is 32.9 Å². The highest BCUT2D eigenvalue weighted by atomic mass is 32.1. The first-order valence-corrected chi connectivity index (χ1v) is 10.1. The summed E-state index contributed by atoms with van der Waals surface area (Å²) in [6.07, 6.45) is 4.46. The molecule has 0 unspecified atom stereocenters. The maximum Gasteiger partial charge on any atom is 0.259 e. The molecule has 1 aliphatic carbocycles. The number of nitrogens with one attached hydrogen (secondary N) is 1. The zero-order valence-corrected chi connectivity index (χ0v) is 16.4. The summed E-state index contributed by atoms with van der Waals surface area (Å²) < 4.78 is 1.82. The van der Waals surface area contributed by atoms with E-state index in [4.69, 9.17) is 4.98 Å². The fourth-order valence-electron chi connectivity index (χ4n) is 3.51. The van der Waals surface area contributed by atoms with Crippen molar-refractivity contribution in [2.45, 2.75) is 58.4 Å². The number of thiazole rings is 1. The zero-order chi connectivity index (χ0) is 18.3. The summed E-state index contributed by atoms with van der Waals surface area (Å²) in [6.45, 7) is 7.19. The summed E-state index contributed by atoms with van der Waals surface area (Å²) in [5.74, 6) is 0. The number of nitrogens with zero attached hydrogens (tertiary/aromatic N) is 2. The smallest absolute Gasteiger partial charge is 0.259 e. The standard InChI is InChI=1S/C21H25N3OS/c1-21(2,3)14-8-10-15(11-9-14)22-13-16-12-19(25)24-17-6-4-5-7-18(17)26-20(24)23-16/h8-12,22H,4-7,13H2,1-3H3. The molecular weight excluding hydrogens is 342 g/mol. The Morgan fingerprint density at radius 1 is 1.15 bits per heavy atom. The number of rotatable bonds is 3. The van der Waals surface area contributed by atoms with E-state index in [1.54, 1.807) is 17.4 Å². The molecule has 0 saturated carbocycles. The summed E-state index contributed by atoms with van der Waals surface area (Å²) in [4.78, 5) is 19.5. The molecule has 0 aliphatic heterocycles. The second-order valence-corrected chi connectivity index (χ2v) is 9.13. The summed E-state index contributed by atoms with van der Waals surface area (Å²) >= 11 is 1.68. The molecule has 0 atom stereocenters. The molecule has 4 nitrogen and oxygen atoms in total. The number of hydrogen-bond acceptors (Lipinski definition) is 4. The van der Waals surface area contributed by atoms with Crippen molar-refractivity contribution in [1.82, 2.24) is 9.38 Å². The first-order valence-electron chi connectivity index (χ1n) is 9.29. The van der Waals surface area contributed by atoms with Crippen LogP contribution in [0.15, 0.2) is 35.1 Å². The molecular formula is C21H25N3OS. The van der Waals surface area contributed by atoms with E-state index in [1.807, 2.05) is 4.40 Å². The lowest BCUT2D eigenvalue weighted by molar-refractivity contribution is 0.590. The van der Waals surface area contributed by atoms with Crippen molar-refractivity contribution in [3.8, 4) is 0 Å². The van der Waals surface area contributed by atoms with Crippen LogP contribution in [0.1, 0.15) is 55.4 Å². The molecule has 1 aliphatic rings. The third-order valence-corrected chi connectivity index (χ3v) is 6.18. The van der Waals surface area contributed by atoms with E-state index in [-0.39, 0.29) is 11.0 Å². The fraction of sp³-hybridized carbons (Fsp3) is 0.429. The van der Waals surface area contributed by atoms with Crippen LogP contribution in [0.3, 0.4) is 0 Å². The molecule has 0 fully saturated rings. The Kier molecular flexibility index (Phi) is 4.35. The van der Waals surface area contributed by atoms with Crippen molar-refractivity contribution in [3.63, 3.8) is 0 Å². The van der Waals surface area contributed by atoms with Crippen LogP contribution >= 0.6 is 11.3 Å². The van der Waals surface area contributed by atoms with Crippen LogP contribution in [0.25, 0.3) is 4.96 Å². The molecule has 1 N–H and O–H groups in total. The molecule has 0 saturated heterocycles. The van der Waals surface area contributed by atoms with Crippen molar-refractivity contribution < 1.29 is 0 Å². The van der Waals surface area contributed by atoms with Crippen molar-refractivity contribution in [1.29, 1.82) is 0 Å². The Bertz CT molecular complexity index is 993. The quantitative estimate of drug-likeness (QED) is 0.739. The van der Waals surface area contributed by atoms with E-state index in [0.29, 0.717) is 6.54 Å². The summed E-state index contributed by atoms with van der Waals surface area (Å²) in [5, 5.41) is 3.39. The molecule has 1 aromatic carbocycles. The number of aryl methyl sites for hydroxylation is 2. The van der Waals surface area contributed by atoms with Crippen LogP contribution in [-0.2, 0) is 24.8 Å². The highest BCUT2D eigenvalue weighted by Crippen LogP contribution is 2.28. The van der Waals surface area contributed by atoms with Crippen LogP contribution in [0.4, 0.5) is 5.69 Å². The van der Waals surface area contributed by atoms with Crippen LogP contribution in [-0.4, -0.2) is 9.38 Å². The normalized spacial score (nSPS) is 14.4. The third kappa shape index (κ3) is 3.28. The minimum atomic E-state index is 0.0503. The average Bonchev–Trinajstić information content (AvgIpc) is 2.98. The van der Waals surface area contributed by atoms with Crippen LogP contribution in [0, 0.1) is 0 Å². The second-order valence-electron chi connectivity index (χ2n) is 8.06. The molecule has 0 radical (unpaired) electrons. The van der Waals surface area contributed by atoms with Crippen molar-refractivity contribution >= 4 is 22.0 Å². The Morgan fingerprint density at radius 3 is 2.62 bits per heavy atom. The van der Waals surface area contributed by atoms with Gasteiger partial charge in [0.2, 0.25) is 0 Å². The lowest BCUT2D eigenvalue weighted by Gasteiger charge is -2.19. The molecule has 4 rings (SSSR count). The Balaban J connectivity index is 1.55. The third-order valence-electron chi connectivity index (χ3n) is 5.04. The van der Waals surface area contributed by atoms with Gasteiger partial charge in [-0.15, -0.1) is 11.3 Å². The Morgan fingerprint density at radius 2 is 1.88 bits per heavy atom. The minimum Gasteiger partial charge on any atom is -0.379 e. The van der Waals surface area contributed by atoms with E-state index < -0.39 is 0 Å². The Hall–Kier alpha value is -2.14. The highest BCUT2D eigenvalue weighted by Gasteiger charge is 2.18. The van der Waals surface area contributed by atoms with Gasteiger partial charge in [-0.2, -0.15) is 0 Å². The first kappa shape index (κ1) is 17.3. The zero-order valence-electron chi connectivity index (χ0n) is 15.6. The van der Waals surface area contributed by atoms with Gasteiger partial charge in [0.05, 0.1) is 12.2 Å². The number of benzene rings is 1. The van der Waals surface area contributed by atoms with Gasteiger partial charge in [-0.3, -0.25) is 9.20 Å². The topological polar surface area (TPSA) is 46.4 Å². The van der Waals surface area contributed by atoms with Crippen molar-refractivity contribution in [2.24, 2.45) is 0 Å². The predicted molar refractivity (Wildman–Crippen MR) is 108 cm³/mol. The lowest BCUT2D eigenvalue weighted by Crippen LogP contribution is -2.18. The van der Waals surface area contributed by atoms with E-state index >= 15 is 0 Å². The fourth-order valence-corrected chi connectivity index (χ4v) is 4.75. The lowest BCUT2D eigenvalue weighted by atomic mass is 9.87. The van der Waals surface area contributed by atoms with Gasteiger partial charge >= 0.3 is 0 Å². The van der Waals surface area contributed by atoms with Gasteiger partial charge in [-0.05, 0) is 48.8 Å². The molecule has 0 bridgehead atoms. The molecule has 26 heavy (non-hydrogen) atoms. The van der Waals surface area contributed by atoms with Gasteiger partial charge in [0.15, 0.2) is 4.96 Å². The van der Waals surface area contributed by atoms with Gasteiger partial charge in [0.1, 0.15) is 0 Å². The monoisotopic (exact) mass is 367 g/mol. The summed E-state index contributed by atoms with van der Waals surface area (Å²) in [5.41, 5.74) is 4.54. The van der Waals surface area contributed by atoms with Crippen molar-refractivity contribution in [2.75, 3.05) is 5.32 Å². The molecule has 136 valence electrons. The Labute approximate surface area is 157 Å². The molecule has 2 heterocycles. The van der Waals surface area contributed by atoms with Crippen LogP contribution in [0.2, 0.25) is 0 Å². The molecule has 3 aromatic rings. The first-order chi connectivity index (χ1) is 12.4. The van der Waals surface area contributed by atoms with E-state index in [1.165, 1.54) is 29.0 Å². The SMILES string of the molecule is CC(C)(C)c1ccc(NCc2cc(=O)n3c4c(sc3n2)CCCC4)cc1. The maximum absolute atomic E-state index is 12.6. The summed E-state index contributed by atoms with van der Waals surface area (Å²) in [6, 6.07) is 10.2. The second kappa shape index (κ2) is 6.54. The van der Waals surface area contributed by atoms with Gasteiger partial charge in [0.25, 0.3) is 5.56 Å². The largest absolute Gasteiger partial charge is 0.379 e. The number of hydrogen-bond donors (Lipinski definition) is 1. The number of anilines is 1. The van der Waals surface area contributed by atoms with Gasteiger partial charge in [0, 0.05) is 22.3 Å². The average molecular weight is 368 g/mol. The van der Waals surface area contributed by atoms with Crippen molar-refractivity contribution in [3.05, 3.63) is 62.5 Å². The number of fused-ring (bicyclic) bond motifs is 3. The van der Waals surface area contributed by atoms with Gasteiger partial charge < -0.3 is 5.32 Å². The molecule has 5 heteroatoms. The van der Waals surface area contributed by atoms with Gasteiger partial charge in [-0.25, -0.2) is 4.98 Å². The van der Waals surface area contributed by atoms with E-state index in [9.17, 15) is 4.79 Å². The molecule has 2 aromatic heterocycles. The summed E-state index contributed by atoms with van der Waals surface area (Å²) in [7, 11) is 0. The molecule has 0 amide bonds. The minimum absolute atomic E-state index is 0.0503. The van der Waals surface area contributed by atoms with E-state index in [2.05, 4.69) is 50.4 Å². The predicted octanol–water partition coefficient (Wildman–Crippen LogP) is 4.54. The number of aromatic nitrogens is 2.